The summed E-state index contributed by atoms with van der Waals surface area (Å²) in [5.74, 6) is -0.616. The van der Waals surface area contributed by atoms with Crippen molar-refractivity contribution < 1.29 is 28.8 Å². The highest BCUT2D eigenvalue weighted by atomic mass is 32.1. The Morgan fingerprint density at radius 2 is 0.852 bits per heavy atom. The third-order valence-corrected chi connectivity index (χ3v) is 20.6. The van der Waals surface area contributed by atoms with Crippen LogP contribution in [0.5, 0.6) is 0 Å². The lowest BCUT2D eigenvalue weighted by Crippen LogP contribution is -2.57. The Labute approximate surface area is 527 Å². The molecule has 0 unspecified atom stereocenters. The van der Waals surface area contributed by atoms with E-state index in [0.717, 1.165) is 133 Å². The Morgan fingerprint density at radius 3 is 1.22 bits per heavy atom. The molecular formula is C70H88N10O6S2. The monoisotopic (exact) mass is 1230 g/mol. The number of nitrogens with zero attached hydrogens (tertiary/aromatic N) is 6. The van der Waals surface area contributed by atoms with Gasteiger partial charge < -0.3 is 40.9 Å². The minimum absolute atomic E-state index is 0.0424. The standard InChI is InChI=1S/C70H88N10O6S2/c1-47(71-3)63(81)75-61(53-23-13-7-14-24-53)69(85)79-39-17-27-57(79)43-77(41-37-49-19-9-5-10-20-49)67(83)59-45-87-65(73-59)55-33-29-51(30-34-55)52-31-35-56(36-32-52)66-74-60(46-88-66)68(84)78(42-38-50-21-11-6-12-22-50)44-58-28-18-40-80(58)70(86)62(54-25-15-8-16-26-54)76-64(82)48(2)72-4/h5-6,9-12,19-22,29-36,45-48,53-54,57-58,61-62,71-72H,7-8,13-18,23-28,37-44H2,1-4H3,(H,75,81)(H,76,82)/t47-,48-,57-,58+,61-,62-/m0/s1. The van der Waals surface area contributed by atoms with Gasteiger partial charge in [0.15, 0.2) is 0 Å². The highest BCUT2D eigenvalue weighted by molar-refractivity contribution is 7.13. The maximum Gasteiger partial charge on any atom is 0.273 e. The SMILES string of the molecule is CN[C@@H](C)C(=O)N[C@H](C(=O)N1CCC[C@@H]1CN(CCc1ccccc1)C(=O)c1csc(-c2ccc(-c3ccc(-c4nc(C(=O)N(CCc5ccccc5)C[C@@H]5CCCN5C(=O)[C@@H](NC(=O)[C@H](C)NC)C5CCCCC5)cs4)cc3)cc2)n1)C1CCCCC1. The molecule has 4 N–H and O–H groups in total. The minimum atomic E-state index is -0.600. The molecule has 466 valence electrons. The molecule has 2 saturated heterocycles. The van der Waals surface area contributed by atoms with Crippen LogP contribution in [0, 0.1) is 11.8 Å². The van der Waals surface area contributed by atoms with Crippen LogP contribution in [0.25, 0.3) is 32.3 Å². The van der Waals surface area contributed by atoms with Crippen LogP contribution in [0.15, 0.2) is 120 Å². The second kappa shape index (κ2) is 30.9. The predicted molar refractivity (Wildman–Crippen MR) is 350 cm³/mol. The number of likely N-dealkylation sites (N-methyl/N-ethyl adjacent to an activating group) is 2. The first-order valence-corrected chi connectivity index (χ1v) is 34.0. The van der Waals surface area contributed by atoms with Gasteiger partial charge in [0.1, 0.15) is 33.5 Å². The number of likely N-dealkylation sites (tertiary alicyclic amines) is 2. The van der Waals surface area contributed by atoms with Gasteiger partial charge in [-0.2, -0.15) is 0 Å². The quantitative estimate of drug-likeness (QED) is 0.0429. The predicted octanol–water partition coefficient (Wildman–Crippen LogP) is 10.3. The van der Waals surface area contributed by atoms with Gasteiger partial charge in [0, 0.05) is 73.2 Å². The second-order valence-electron chi connectivity index (χ2n) is 24.6. The molecule has 88 heavy (non-hydrogen) atoms. The molecule has 4 heterocycles. The van der Waals surface area contributed by atoms with Gasteiger partial charge in [0.05, 0.1) is 12.1 Å². The first kappa shape index (κ1) is 63.9. The summed E-state index contributed by atoms with van der Waals surface area (Å²) in [7, 11) is 3.50. The van der Waals surface area contributed by atoms with E-state index in [0.29, 0.717) is 63.5 Å². The Bertz CT molecular complexity index is 3060. The molecule has 2 aromatic heterocycles. The molecule has 2 aliphatic heterocycles. The number of nitrogens with one attached hydrogen (secondary N) is 4. The molecule has 6 aromatic rings. The Kier molecular flexibility index (Phi) is 22.4. The van der Waals surface area contributed by atoms with E-state index in [-0.39, 0.29) is 59.4 Å². The Hall–Kier alpha value is -7.12. The zero-order chi connectivity index (χ0) is 61.5. The first-order valence-electron chi connectivity index (χ1n) is 32.2. The van der Waals surface area contributed by atoms with Gasteiger partial charge in [0.25, 0.3) is 11.8 Å². The average molecular weight is 1230 g/mol. The maximum atomic E-state index is 14.7. The molecular weight excluding hydrogens is 1140 g/mol. The molecule has 0 radical (unpaired) electrons. The first-order chi connectivity index (χ1) is 42.8. The summed E-state index contributed by atoms with van der Waals surface area (Å²) in [5, 5.41) is 17.5. The van der Waals surface area contributed by atoms with Crippen LogP contribution >= 0.6 is 22.7 Å². The van der Waals surface area contributed by atoms with Crippen molar-refractivity contribution in [1.29, 1.82) is 0 Å². The van der Waals surface area contributed by atoms with Gasteiger partial charge in [-0.15, -0.1) is 22.7 Å². The van der Waals surface area contributed by atoms with Gasteiger partial charge in [0.2, 0.25) is 23.6 Å². The highest BCUT2D eigenvalue weighted by Crippen LogP contribution is 2.34. The zero-order valence-corrected chi connectivity index (χ0v) is 53.3. The summed E-state index contributed by atoms with van der Waals surface area (Å²) in [5.41, 5.74) is 6.80. The lowest BCUT2D eigenvalue weighted by Gasteiger charge is -2.37. The number of benzene rings is 4. The minimum Gasteiger partial charge on any atom is -0.343 e. The number of rotatable bonds is 25. The van der Waals surface area contributed by atoms with Gasteiger partial charge >= 0.3 is 0 Å². The van der Waals surface area contributed by atoms with E-state index in [4.69, 9.17) is 9.97 Å². The average Bonchev–Trinajstić information content (AvgIpc) is 4.58. The molecule has 2 aliphatic carbocycles. The van der Waals surface area contributed by atoms with Crippen LogP contribution in [-0.2, 0) is 32.0 Å². The number of carbonyl (C=O) groups excluding carboxylic acids is 6. The van der Waals surface area contributed by atoms with Crippen LogP contribution in [0.3, 0.4) is 0 Å². The fourth-order valence-corrected chi connectivity index (χ4v) is 14.9. The molecule has 16 nitrogen and oxygen atoms in total. The molecule has 0 spiro atoms. The summed E-state index contributed by atoms with van der Waals surface area (Å²) in [6.07, 6.45) is 14.6. The summed E-state index contributed by atoms with van der Waals surface area (Å²) in [6.45, 7) is 6.47. The molecule has 18 heteroatoms. The molecule has 6 atom stereocenters. The number of hydrogen-bond acceptors (Lipinski definition) is 12. The Balaban J connectivity index is 0.802. The second-order valence-corrected chi connectivity index (χ2v) is 26.4. The highest BCUT2D eigenvalue weighted by Gasteiger charge is 2.42. The van der Waals surface area contributed by atoms with Crippen molar-refractivity contribution in [1.82, 2.24) is 50.8 Å². The van der Waals surface area contributed by atoms with Crippen LogP contribution < -0.4 is 21.3 Å². The van der Waals surface area contributed by atoms with Crippen molar-refractivity contribution in [3.8, 4) is 32.3 Å². The van der Waals surface area contributed by atoms with Gasteiger partial charge in [-0.1, -0.05) is 148 Å². The normalized spacial score (nSPS) is 18.7. The molecule has 2 saturated carbocycles. The van der Waals surface area contributed by atoms with E-state index in [9.17, 15) is 28.8 Å². The van der Waals surface area contributed by atoms with E-state index in [1.165, 1.54) is 22.7 Å². The van der Waals surface area contributed by atoms with Crippen molar-refractivity contribution in [2.24, 2.45) is 11.8 Å². The van der Waals surface area contributed by atoms with Crippen molar-refractivity contribution in [2.75, 3.05) is 53.4 Å². The number of amides is 6. The zero-order valence-electron chi connectivity index (χ0n) is 51.7. The Morgan fingerprint density at radius 1 is 0.489 bits per heavy atom. The van der Waals surface area contributed by atoms with Gasteiger partial charge in [-0.25, -0.2) is 9.97 Å². The van der Waals surface area contributed by atoms with Crippen molar-refractivity contribution in [2.45, 2.75) is 153 Å². The number of carbonyl (C=O) groups is 6. The van der Waals surface area contributed by atoms with Crippen molar-refractivity contribution in [3.63, 3.8) is 0 Å². The molecule has 0 bridgehead atoms. The van der Waals surface area contributed by atoms with E-state index in [2.05, 4.69) is 69.8 Å². The fourth-order valence-electron chi connectivity index (χ4n) is 13.3. The molecule has 6 amide bonds. The van der Waals surface area contributed by atoms with E-state index < -0.39 is 24.2 Å². The van der Waals surface area contributed by atoms with Gasteiger partial charge in [-0.05, 0) is 126 Å². The number of hydrogen-bond donors (Lipinski definition) is 4. The van der Waals surface area contributed by atoms with Crippen LogP contribution in [-0.4, -0.2) is 155 Å². The summed E-state index contributed by atoms with van der Waals surface area (Å²) in [6, 6.07) is 34.3. The number of thiazole rings is 2. The lowest BCUT2D eigenvalue weighted by atomic mass is 9.83. The molecule has 4 aromatic carbocycles. The largest absolute Gasteiger partial charge is 0.343 e. The fraction of sp³-hybridized carbons (Fsp3) is 0.486. The summed E-state index contributed by atoms with van der Waals surface area (Å²) in [4.78, 5) is 103. The molecule has 4 fully saturated rings. The molecule has 4 aliphatic rings. The van der Waals surface area contributed by atoms with E-state index in [1.807, 2.05) is 105 Å². The van der Waals surface area contributed by atoms with Crippen molar-refractivity contribution >= 4 is 58.1 Å². The molecule has 10 rings (SSSR count). The summed E-state index contributed by atoms with van der Waals surface area (Å²) >= 11 is 2.87. The third-order valence-electron chi connectivity index (χ3n) is 18.8. The van der Waals surface area contributed by atoms with Crippen LogP contribution in [0.4, 0.5) is 0 Å². The van der Waals surface area contributed by atoms with Crippen LogP contribution in [0.2, 0.25) is 0 Å². The smallest absolute Gasteiger partial charge is 0.273 e. The number of aromatic nitrogens is 2. The van der Waals surface area contributed by atoms with E-state index >= 15 is 0 Å². The van der Waals surface area contributed by atoms with E-state index in [1.54, 1.807) is 14.1 Å². The third kappa shape index (κ3) is 16.0. The maximum absolute atomic E-state index is 14.7. The van der Waals surface area contributed by atoms with Crippen LogP contribution in [0.1, 0.15) is 136 Å². The van der Waals surface area contributed by atoms with Gasteiger partial charge in [-0.3, -0.25) is 28.8 Å². The summed E-state index contributed by atoms with van der Waals surface area (Å²) < 4.78 is 0. The topological polar surface area (TPSA) is 189 Å². The van der Waals surface area contributed by atoms with Crippen molar-refractivity contribution in [3.05, 3.63) is 142 Å². The lowest BCUT2D eigenvalue weighted by molar-refractivity contribution is -0.139.